The summed E-state index contributed by atoms with van der Waals surface area (Å²) < 4.78 is 38.8. The van der Waals surface area contributed by atoms with Crippen LogP contribution in [0.2, 0.25) is 0 Å². The van der Waals surface area contributed by atoms with E-state index in [9.17, 15) is 13.3 Å². The van der Waals surface area contributed by atoms with Gasteiger partial charge in [-0.15, -0.1) is 11.8 Å². The van der Waals surface area contributed by atoms with Crippen LogP contribution in [0.1, 0.15) is 40.7 Å². The van der Waals surface area contributed by atoms with Gasteiger partial charge in [-0.25, -0.2) is 8.78 Å². The fraction of sp³-hybridized carbons (Fsp3) is 0.286. The van der Waals surface area contributed by atoms with Crippen molar-refractivity contribution in [2.45, 2.75) is 38.1 Å². The Morgan fingerprint density at radius 1 is 0.972 bits per heavy atom. The average Bonchev–Trinajstić information content (AvgIpc) is 2.80. The number of thioether (sulfide) groups is 1. The summed E-state index contributed by atoms with van der Waals surface area (Å²) in [7, 11) is -3.94. The van der Waals surface area contributed by atoms with Crippen LogP contribution in [0.25, 0.3) is 11.6 Å². The molecule has 0 aromatic heterocycles. The van der Waals surface area contributed by atoms with Crippen LogP contribution < -0.4 is 5.32 Å². The van der Waals surface area contributed by atoms with E-state index in [4.69, 9.17) is 9.79 Å². The molecule has 0 saturated carbocycles. The molecule has 3 N–H and O–H groups in total. The minimum atomic E-state index is -3.94. The van der Waals surface area contributed by atoms with E-state index < -0.39 is 19.2 Å². The molecule has 0 amide bonds. The minimum Gasteiger partial charge on any atom is -0.324 e. The lowest BCUT2D eigenvalue weighted by Gasteiger charge is -2.11. The third kappa shape index (κ3) is 9.64. The smallest absolute Gasteiger partial charge is 0.324 e. The van der Waals surface area contributed by atoms with Crippen LogP contribution in [0.3, 0.4) is 0 Å². The Bertz CT molecular complexity index is 1220. The largest absolute Gasteiger partial charge is 0.325 e. The summed E-state index contributed by atoms with van der Waals surface area (Å²) >= 11 is 1.68. The third-order valence-corrected chi connectivity index (χ3v) is 7.71. The van der Waals surface area contributed by atoms with E-state index in [1.165, 1.54) is 23.3 Å². The van der Waals surface area contributed by atoms with Crippen molar-refractivity contribution in [3.05, 3.63) is 100 Å². The summed E-state index contributed by atoms with van der Waals surface area (Å²) in [6.07, 6.45) is 2.95. The first kappa shape index (κ1) is 28.3. The molecule has 0 atom stereocenters. The Morgan fingerprint density at radius 2 is 1.67 bits per heavy atom. The summed E-state index contributed by atoms with van der Waals surface area (Å²) in [4.78, 5) is 18.9. The molecule has 0 fully saturated rings. The highest BCUT2D eigenvalue weighted by molar-refractivity contribution is 7.99. The Morgan fingerprint density at radius 3 is 2.31 bits per heavy atom. The summed E-state index contributed by atoms with van der Waals surface area (Å²) in [5, 5.41) is 3.19. The van der Waals surface area contributed by atoms with E-state index in [0.29, 0.717) is 31.5 Å². The van der Waals surface area contributed by atoms with Crippen LogP contribution >= 0.6 is 19.4 Å². The SMILES string of the molecule is Cc1ccc(C=C(CCSc2ccc(CNCCCP(=O)(O)O)cc2)c2cc(F)cc(F)c2)cc1C. The van der Waals surface area contributed by atoms with Crippen LogP contribution in [-0.4, -0.2) is 28.2 Å². The van der Waals surface area contributed by atoms with E-state index >= 15 is 0 Å². The number of rotatable bonds is 12. The maximum Gasteiger partial charge on any atom is 0.325 e. The van der Waals surface area contributed by atoms with Gasteiger partial charge in [-0.3, -0.25) is 4.57 Å². The lowest BCUT2D eigenvalue weighted by atomic mass is 9.98. The first-order chi connectivity index (χ1) is 17.1. The molecular formula is C28H32F2NO3PS. The lowest BCUT2D eigenvalue weighted by Crippen LogP contribution is -2.15. The van der Waals surface area contributed by atoms with Gasteiger partial charge in [0.2, 0.25) is 0 Å². The van der Waals surface area contributed by atoms with Crippen molar-refractivity contribution in [1.29, 1.82) is 0 Å². The highest BCUT2D eigenvalue weighted by Gasteiger charge is 2.11. The average molecular weight is 532 g/mol. The molecule has 0 bridgehead atoms. The highest BCUT2D eigenvalue weighted by atomic mass is 32.2. The summed E-state index contributed by atoms with van der Waals surface area (Å²) in [6.45, 7) is 5.26. The van der Waals surface area contributed by atoms with E-state index in [-0.39, 0.29) is 6.16 Å². The topological polar surface area (TPSA) is 69.6 Å². The molecule has 0 unspecified atom stereocenters. The molecule has 4 nitrogen and oxygen atoms in total. The van der Waals surface area contributed by atoms with Crippen molar-refractivity contribution >= 4 is 31.0 Å². The number of hydrogen-bond donors (Lipinski definition) is 3. The van der Waals surface area contributed by atoms with Gasteiger partial charge < -0.3 is 15.1 Å². The maximum atomic E-state index is 13.9. The molecule has 0 aliphatic rings. The van der Waals surface area contributed by atoms with Gasteiger partial charge >= 0.3 is 7.60 Å². The van der Waals surface area contributed by atoms with Gasteiger partial charge in [0, 0.05) is 23.3 Å². The molecule has 8 heteroatoms. The van der Waals surface area contributed by atoms with Crippen LogP contribution in [0.15, 0.2) is 65.6 Å². The van der Waals surface area contributed by atoms with E-state index in [2.05, 4.69) is 18.3 Å². The van der Waals surface area contributed by atoms with Crippen molar-refractivity contribution < 1.29 is 23.1 Å². The van der Waals surface area contributed by atoms with Gasteiger partial charge in [-0.05, 0) is 90.9 Å². The van der Waals surface area contributed by atoms with Gasteiger partial charge in [0.05, 0.1) is 6.16 Å². The van der Waals surface area contributed by atoms with Gasteiger partial charge in [0.15, 0.2) is 0 Å². The monoisotopic (exact) mass is 531 g/mol. The zero-order chi connectivity index (χ0) is 26.1. The van der Waals surface area contributed by atoms with Crippen LogP contribution in [0, 0.1) is 25.5 Å². The zero-order valence-electron chi connectivity index (χ0n) is 20.5. The first-order valence-electron chi connectivity index (χ1n) is 11.8. The summed E-state index contributed by atoms with van der Waals surface area (Å²) in [5.41, 5.74) is 5.87. The highest BCUT2D eigenvalue weighted by Crippen LogP contribution is 2.34. The van der Waals surface area contributed by atoms with Crippen LogP contribution in [-0.2, 0) is 11.1 Å². The molecule has 0 radical (unpaired) electrons. The Hall–Kier alpha value is -2.28. The van der Waals surface area contributed by atoms with E-state index in [1.54, 1.807) is 11.8 Å². The van der Waals surface area contributed by atoms with Crippen molar-refractivity contribution in [3.8, 4) is 0 Å². The number of hydrogen-bond acceptors (Lipinski definition) is 3. The molecule has 36 heavy (non-hydrogen) atoms. The first-order valence-corrected chi connectivity index (χ1v) is 14.6. The molecule has 0 spiro atoms. The van der Waals surface area contributed by atoms with Gasteiger partial charge in [0.1, 0.15) is 11.6 Å². The number of nitrogens with one attached hydrogen (secondary N) is 1. The zero-order valence-corrected chi connectivity index (χ0v) is 22.2. The predicted molar refractivity (Wildman–Crippen MR) is 145 cm³/mol. The van der Waals surface area contributed by atoms with Crippen molar-refractivity contribution in [2.24, 2.45) is 0 Å². The van der Waals surface area contributed by atoms with Crippen molar-refractivity contribution in [2.75, 3.05) is 18.5 Å². The number of aryl methyl sites for hydroxylation is 2. The molecule has 0 heterocycles. The second kappa shape index (κ2) is 13.3. The standard InChI is InChI=1S/C28H32F2NO3PS/c1-20-4-5-23(14-21(20)2)15-24(25-16-26(29)18-27(30)17-25)10-13-36-28-8-6-22(7-9-28)19-31-11-3-12-35(32,33)34/h4-9,14-18,31H,3,10-13,19H2,1-2H3,(H2,32,33,34). The number of benzene rings is 3. The van der Waals surface area contributed by atoms with Gasteiger partial charge in [-0.2, -0.15) is 0 Å². The normalized spacial score (nSPS) is 12.2. The molecule has 0 saturated heterocycles. The molecule has 3 aromatic carbocycles. The van der Waals surface area contributed by atoms with Gasteiger partial charge in [-0.1, -0.05) is 36.4 Å². The van der Waals surface area contributed by atoms with Gasteiger partial charge in [0.25, 0.3) is 0 Å². The second-order valence-corrected chi connectivity index (χ2v) is 11.8. The van der Waals surface area contributed by atoms with Crippen LogP contribution in [0.5, 0.6) is 0 Å². The quantitative estimate of drug-likeness (QED) is 0.102. The molecule has 3 rings (SSSR count). The number of allylic oxidation sites excluding steroid dienone is 1. The Balaban J connectivity index is 1.61. The minimum absolute atomic E-state index is 0.113. The lowest BCUT2D eigenvalue weighted by molar-refractivity contribution is 0.371. The molecule has 192 valence electrons. The molecule has 0 aliphatic heterocycles. The fourth-order valence-electron chi connectivity index (χ4n) is 3.72. The summed E-state index contributed by atoms with van der Waals surface area (Å²) in [5.74, 6) is -0.432. The molecule has 0 aliphatic carbocycles. The van der Waals surface area contributed by atoms with E-state index in [1.807, 2.05) is 49.4 Å². The Labute approximate surface area is 216 Å². The third-order valence-electron chi connectivity index (χ3n) is 5.80. The molecular weight excluding hydrogens is 499 g/mol. The Kier molecular flexibility index (Phi) is 10.5. The van der Waals surface area contributed by atoms with E-state index in [0.717, 1.165) is 33.4 Å². The van der Waals surface area contributed by atoms with Crippen molar-refractivity contribution in [1.82, 2.24) is 5.32 Å². The molecule has 3 aromatic rings. The second-order valence-electron chi connectivity index (χ2n) is 8.83. The van der Waals surface area contributed by atoms with Crippen LogP contribution in [0.4, 0.5) is 8.78 Å². The maximum absolute atomic E-state index is 13.9. The number of halogens is 2. The fourth-order valence-corrected chi connectivity index (χ4v) is 5.18. The van der Waals surface area contributed by atoms with Crippen molar-refractivity contribution in [3.63, 3.8) is 0 Å². The summed E-state index contributed by atoms with van der Waals surface area (Å²) in [6, 6.07) is 17.9. The predicted octanol–water partition coefficient (Wildman–Crippen LogP) is 6.96.